The highest BCUT2D eigenvalue weighted by atomic mass is 19.1. The van der Waals surface area contributed by atoms with Gasteiger partial charge >= 0.3 is 0 Å². The molecule has 2 bridgehead atoms. The van der Waals surface area contributed by atoms with Crippen LogP contribution in [0.5, 0.6) is 0 Å². The van der Waals surface area contributed by atoms with Crippen molar-refractivity contribution in [2.75, 3.05) is 49.3 Å². The minimum absolute atomic E-state index is 0.221. The first-order chi connectivity index (χ1) is 15.4. The quantitative estimate of drug-likeness (QED) is 0.659. The average molecular weight is 434 g/mol. The van der Waals surface area contributed by atoms with Gasteiger partial charge < -0.3 is 15.1 Å². The highest BCUT2D eigenvalue weighted by Gasteiger charge is 2.42. The van der Waals surface area contributed by atoms with E-state index < -0.39 is 0 Å². The fraction of sp³-hybridized carbons (Fsp3) is 0.375. The summed E-state index contributed by atoms with van der Waals surface area (Å²) in [7, 11) is 6.06. The fourth-order valence-electron chi connectivity index (χ4n) is 4.69. The van der Waals surface area contributed by atoms with Crippen molar-refractivity contribution in [2.45, 2.75) is 25.4 Å². The van der Waals surface area contributed by atoms with Crippen molar-refractivity contribution >= 4 is 23.1 Å². The fourth-order valence-corrected chi connectivity index (χ4v) is 4.69. The predicted octanol–water partition coefficient (Wildman–Crippen LogP) is 3.69. The maximum atomic E-state index is 15.0. The molecule has 0 amide bonds. The number of rotatable bonds is 5. The molecule has 0 radical (unpaired) electrons. The average Bonchev–Trinajstić information content (AvgIpc) is 3.35. The molecule has 2 unspecified atom stereocenters. The molecule has 2 aromatic heterocycles. The van der Waals surface area contributed by atoms with Gasteiger partial charge in [-0.15, -0.1) is 0 Å². The first-order valence-corrected chi connectivity index (χ1v) is 10.9. The molecule has 2 aliphatic rings. The standard InChI is InChI=1S/C24H28FN7/c1-15-11-27-24(29-23(15)16-5-8-22(26-12-16)30(2)3)28-17-6-7-21(20(25)9-17)32-14-18-10-19(32)13-31(18)4/h5-9,11-12,18-19H,10,13-14H2,1-4H3,(H,27,28,29). The number of halogens is 1. The summed E-state index contributed by atoms with van der Waals surface area (Å²) in [4.78, 5) is 20.1. The summed E-state index contributed by atoms with van der Waals surface area (Å²) in [5.41, 5.74) is 3.96. The van der Waals surface area contributed by atoms with Crippen LogP contribution < -0.4 is 15.1 Å². The van der Waals surface area contributed by atoms with Gasteiger partial charge in [0.1, 0.15) is 11.6 Å². The molecule has 0 saturated carbocycles. The molecule has 2 fully saturated rings. The van der Waals surface area contributed by atoms with Crippen LogP contribution in [0.1, 0.15) is 12.0 Å². The molecular formula is C24H28FN7. The van der Waals surface area contributed by atoms with Crippen molar-refractivity contribution in [1.29, 1.82) is 0 Å². The van der Waals surface area contributed by atoms with Crippen LogP contribution in [0, 0.1) is 12.7 Å². The molecule has 4 heterocycles. The molecule has 1 aromatic carbocycles. The van der Waals surface area contributed by atoms with Gasteiger partial charge in [0.15, 0.2) is 0 Å². The second kappa shape index (κ2) is 8.02. The van der Waals surface area contributed by atoms with Gasteiger partial charge in [-0.2, -0.15) is 0 Å². The smallest absolute Gasteiger partial charge is 0.227 e. The Labute approximate surface area is 187 Å². The summed E-state index contributed by atoms with van der Waals surface area (Å²) in [6.07, 6.45) is 4.69. The van der Waals surface area contributed by atoms with Gasteiger partial charge in [-0.05, 0) is 56.3 Å². The van der Waals surface area contributed by atoms with E-state index in [0.717, 1.165) is 42.1 Å². The molecular weight excluding hydrogens is 405 g/mol. The number of likely N-dealkylation sites (N-methyl/N-ethyl adjacent to an activating group) is 1. The third-order valence-electron chi connectivity index (χ3n) is 6.48. The second-order valence-corrected chi connectivity index (χ2v) is 8.95. The minimum Gasteiger partial charge on any atom is -0.363 e. The van der Waals surface area contributed by atoms with E-state index in [1.807, 2.05) is 56.4 Å². The second-order valence-electron chi connectivity index (χ2n) is 8.95. The van der Waals surface area contributed by atoms with E-state index in [2.05, 4.69) is 37.1 Å². The SMILES string of the molecule is Cc1cnc(Nc2ccc(N3CC4CC3CN4C)c(F)c2)nc1-c1ccc(N(C)C)nc1. The summed E-state index contributed by atoms with van der Waals surface area (Å²) in [5, 5.41) is 3.15. The van der Waals surface area contributed by atoms with Crippen LogP contribution in [0.3, 0.4) is 0 Å². The topological polar surface area (TPSA) is 60.4 Å². The van der Waals surface area contributed by atoms with E-state index in [4.69, 9.17) is 0 Å². The number of hydrogen-bond donors (Lipinski definition) is 1. The lowest BCUT2D eigenvalue weighted by Crippen LogP contribution is -2.44. The van der Waals surface area contributed by atoms with Gasteiger partial charge in [-0.25, -0.2) is 19.3 Å². The summed E-state index contributed by atoms with van der Waals surface area (Å²) in [6.45, 7) is 3.85. The van der Waals surface area contributed by atoms with Gasteiger partial charge in [0.05, 0.1) is 11.4 Å². The van der Waals surface area contributed by atoms with E-state index in [0.29, 0.717) is 29.4 Å². The third-order valence-corrected chi connectivity index (χ3v) is 6.48. The Balaban J connectivity index is 1.35. The Hall–Kier alpha value is -3.26. The number of fused-ring (bicyclic) bond motifs is 2. The zero-order chi connectivity index (χ0) is 22.4. The summed E-state index contributed by atoms with van der Waals surface area (Å²) in [5.74, 6) is 1.09. The number of nitrogens with zero attached hydrogens (tertiary/aromatic N) is 6. The van der Waals surface area contributed by atoms with Crippen molar-refractivity contribution in [3.05, 3.63) is 54.1 Å². The zero-order valence-electron chi connectivity index (χ0n) is 18.9. The number of aromatic nitrogens is 3. The van der Waals surface area contributed by atoms with Crippen molar-refractivity contribution in [1.82, 2.24) is 19.9 Å². The van der Waals surface area contributed by atoms with Gasteiger partial charge in [0, 0.05) is 62.9 Å². The maximum Gasteiger partial charge on any atom is 0.227 e. The van der Waals surface area contributed by atoms with E-state index in [9.17, 15) is 4.39 Å². The first-order valence-electron chi connectivity index (χ1n) is 10.9. The molecule has 8 heteroatoms. The Bertz CT molecular complexity index is 1130. The molecule has 32 heavy (non-hydrogen) atoms. The lowest BCUT2D eigenvalue weighted by molar-refractivity contribution is 0.292. The van der Waals surface area contributed by atoms with Crippen LogP contribution in [-0.4, -0.2) is 66.2 Å². The molecule has 166 valence electrons. The van der Waals surface area contributed by atoms with Crippen molar-refractivity contribution < 1.29 is 4.39 Å². The van der Waals surface area contributed by atoms with Gasteiger partial charge in [0.2, 0.25) is 5.95 Å². The molecule has 5 rings (SSSR count). The lowest BCUT2D eigenvalue weighted by atomic mass is 10.1. The molecule has 0 aliphatic carbocycles. The van der Waals surface area contributed by atoms with Gasteiger partial charge in [-0.3, -0.25) is 4.90 Å². The van der Waals surface area contributed by atoms with Crippen molar-refractivity contribution in [2.24, 2.45) is 0 Å². The highest BCUT2D eigenvalue weighted by Crippen LogP contribution is 2.36. The number of hydrogen-bond acceptors (Lipinski definition) is 7. The van der Waals surface area contributed by atoms with Crippen LogP contribution in [0.15, 0.2) is 42.7 Å². The molecule has 1 N–H and O–H groups in total. The molecule has 2 aliphatic heterocycles. The maximum absolute atomic E-state index is 15.0. The Kier molecular flexibility index (Phi) is 5.17. The first kappa shape index (κ1) is 20.6. The minimum atomic E-state index is -0.221. The van der Waals surface area contributed by atoms with E-state index in [-0.39, 0.29) is 5.82 Å². The Morgan fingerprint density at radius 3 is 2.53 bits per heavy atom. The van der Waals surface area contributed by atoms with Crippen LogP contribution in [0.25, 0.3) is 11.3 Å². The summed E-state index contributed by atoms with van der Waals surface area (Å²) < 4.78 is 15.0. The number of aryl methyl sites for hydroxylation is 1. The number of anilines is 4. The van der Waals surface area contributed by atoms with E-state index in [1.54, 1.807) is 6.20 Å². The Morgan fingerprint density at radius 1 is 1.06 bits per heavy atom. The molecule has 0 spiro atoms. The third kappa shape index (κ3) is 3.75. The number of pyridine rings is 1. The largest absolute Gasteiger partial charge is 0.363 e. The van der Waals surface area contributed by atoms with Crippen molar-refractivity contribution in [3.63, 3.8) is 0 Å². The number of nitrogens with one attached hydrogen (secondary N) is 1. The van der Waals surface area contributed by atoms with Crippen LogP contribution in [0.2, 0.25) is 0 Å². The summed E-state index contributed by atoms with van der Waals surface area (Å²) >= 11 is 0. The highest BCUT2D eigenvalue weighted by molar-refractivity contribution is 5.66. The lowest BCUT2D eigenvalue weighted by Gasteiger charge is -2.33. The molecule has 2 saturated heterocycles. The van der Waals surface area contributed by atoms with E-state index in [1.165, 1.54) is 6.07 Å². The molecule has 3 aromatic rings. The number of likely N-dealkylation sites (tertiary alicyclic amines) is 1. The Morgan fingerprint density at radius 2 is 1.91 bits per heavy atom. The normalized spacial score (nSPS) is 20.1. The zero-order valence-corrected chi connectivity index (χ0v) is 18.9. The van der Waals surface area contributed by atoms with Gasteiger partial charge in [-0.1, -0.05) is 0 Å². The predicted molar refractivity (Wildman–Crippen MR) is 126 cm³/mol. The van der Waals surface area contributed by atoms with Crippen molar-refractivity contribution in [3.8, 4) is 11.3 Å². The monoisotopic (exact) mass is 433 g/mol. The van der Waals surface area contributed by atoms with Crippen LogP contribution >= 0.6 is 0 Å². The van der Waals surface area contributed by atoms with Crippen LogP contribution in [-0.2, 0) is 0 Å². The number of benzene rings is 1. The molecule has 2 atom stereocenters. The van der Waals surface area contributed by atoms with Crippen LogP contribution in [0.4, 0.5) is 27.5 Å². The molecule has 7 nitrogen and oxygen atoms in total. The van der Waals surface area contributed by atoms with E-state index >= 15 is 0 Å². The summed E-state index contributed by atoms with van der Waals surface area (Å²) in [6, 6.07) is 10.2. The van der Waals surface area contributed by atoms with Gasteiger partial charge in [0.25, 0.3) is 0 Å². The number of piperazine rings is 1.